The second-order valence-corrected chi connectivity index (χ2v) is 7.67. The van der Waals surface area contributed by atoms with Crippen LogP contribution in [0.1, 0.15) is 36.6 Å². The molecule has 0 aliphatic heterocycles. The van der Waals surface area contributed by atoms with Crippen LogP contribution in [0.15, 0.2) is 0 Å². The van der Waals surface area contributed by atoms with Crippen LogP contribution in [0, 0.1) is 27.7 Å². The highest BCUT2D eigenvalue weighted by Crippen LogP contribution is 2.55. The van der Waals surface area contributed by atoms with Crippen LogP contribution < -0.4 is 0 Å². The number of methoxy groups -OCH3 is 1. The van der Waals surface area contributed by atoms with Gasteiger partial charge in [-0.25, -0.2) is 0 Å². The van der Waals surface area contributed by atoms with Crippen molar-refractivity contribution in [2.75, 3.05) is 7.11 Å². The molecule has 2 nitrogen and oxygen atoms in total. The molecule has 2 aromatic heterocycles. The summed E-state index contributed by atoms with van der Waals surface area (Å²) < 4.78 is 5.03. The van der Waals surface area contributed by atoms with Crippen LogP contribution in [0.25, 0.3) is 11.1 Å². The van der Waals surface area contributed by atoms with Gasteiger partial charge in [-0.3, -0.25) is 4.79 Å². The minimum Gasteiger partial charge on any atom is -0.468 e. The van der Waals surface area contributed by atoms with Crippen LogP contribution in [-0.4, -0.2) is 13.1 Å². The van der Waals surface area contributed by atoms with E-state index in [-0.39, 0.29) is 11.9 Å². The smallest absolute Gasteiger partial charge is 0.318 e. The fraction of sp³-hybridized carbons (Fsp3) is 0.400. The van der Waals surface area contributed by atoms with Gasteiger partial charge in [0.2, 0.25) is 0 Å². The first-order valence-corrected chi connectivity index (χ1v) is 7.88. The summed E-state index contributed by atoms with van der Waals surface area (Å²) in [6.45, 7) is 8.53. The molecule has 2 aromatic rings. The summed E-state index contributed by atoms with van der Waals surface area (Å²) in [5, 5.41) is 0. The molecule has 0 spiro atoms. The fourth-order valence-electron chi connectivity index (χ4n) is 3.00. The van der Waals surface area contributed by atoms with Crippen molar-refractivity contribution in [1.29, 1.82) is 0 Å². The van der Waals surface area contributed by atoms with Gasteiger partial charge in [0.1, 0.15) is 5.92 Å². The summed E-state index contributed by atoms with van der Waals surface area (Å²) in [5.41, 5.74) is 5.07. The number of hydrogen-bond donors (Lipinski definition) is 0. The molecule has 3 rings (SSSR count). The summed E-state index contributed by atoms with van der Waals surface area (Å²) in [6, 6.07) is 0. The lowest BCUT2D eigenvalue weighted by molar-refractivity contribution is -0.141. The highest BCUT2D eigenvalue weighted by atomic mass is 32.1. The molecule has 0 N–H and O–H groups in total. The van der Waals surface area contributed by atoms with Gasteiger partial charge in [0.25, 0.3) is 0 Å². The van der Waals surface area contributed by atoms with Crippen molar-refractivity contribution in [3.63, 3.8) is 0 Å². The molecule has 0 saturated carbocycles. The SMILES string of the molecule is COC(=O)C1c2sc(C)c(C)c2-c2c(C)sc(C)c21. The molecule has 1 aliphatic carbocycles. The Morgan fingerprint density at radius 1 is 1.00 bits per heavy atom. The second kappa shape index (κ2) is 4.18. The number of carbonyl (C=O) groups excluding carboxylic acids is 1. The number of hydrogen-bond acceptors (Lipinski definition) is 4. The van der Waals surface area contributed by atoms with E-state index in [9.17, 15) is 4.79 Å². The van der Waals surface area contributed by atoms with Gasteiger partial charge >= 0.3 is 5.97 Å². The van der Waals surface area contributed by atoms with Crippen molar-refractivity contribution >= 4 is 28.6 Å². The van der Waals surface area contributed by atoms with E-state index in [1.807, 2.05) is 0 Å². The lowest BCUT2D eigenvalue weighted by atomic mass is 10.0. The Morgan fingerprint density at radius 3 is 2.32 bits per heavy atom. The molecule has 0 radical (unpaired) electrons. The molecule has 0 aromatic carbocycles. The maximum absolute atomic E-state index is 12.2. The summed E-state index contributed by atoms with van der Waals surface area (Å²) in [5.74, 6) is -0.348. The zero-order valence-electron chi connectivity index (χ0n) is 11.7. The predicted octanol–water partition coefficient (Wildman–Crippen LogP) is 4.33. The van der Waals surface area contributed by atoms with Gasteiger partial charge in [-0.2, -0.15) is 0 Å². The molecule has 19 heavy (non-hydrogen) atoms. The molecule has 0 fully saturated rings. The fourth-order valence-corrected chi connectivity index (χ4v) is 5.38. The number of esters is 1. The molecular formula is C15H16O2S2. The third kappa shape index (κ3) is 1.56. The first-order valence-electron chi connectivity index (χ1n) is 6.25. The van der Waals surface area contributed by atoms with Gasteiger partial charge in [-0.15, -0.1) is 22.7 Å². The van der Waals surface area contributed by atoms with Crippen molar-refractivity contribution in [2.45, 2.75) is 33.6 Å². The monoisotopic (exact) mass is 292 g/mol. The van der Waals surface area contributed by atoms with E-state index < -0.39 is 0 Å². The van der Waals surface area contributed by atoms with Gasteiger partial charge in [0.05, 0.1) is 7.11 Å². The Labute approximate surface area is 121 Å². The van der Waals surface area contributed by atoms with Crippen molar-refractivity contribution < 1.29 is 9.53 Å². The number of aryl methyl sites for hydroxylation is 3. The summed E-state index contributed by atoms with van der Waals surface area (Å²) in [4.78, 5) is 17.2. The number of ether oxygens (including phenoxy) is 1. The molecule has 1 unspecified atom stereocenters. The van der Waals surface area contributed by atoms with E-state index in [1.54, 1.807) is 22.7 Å². The highest BCUT2D eigenvalue weighted by Gasteiger charge is 2.41. The topological polar surface area (TPSA) is 26.3 Å². The minimum atomic E-state index is -0.211. The Hall–Kier alpha value is -1.13. The van der Waals surface area contributed by atoms with Crippen molar-refractivity contribution in [1.82, 2.24) is 0 Å². The van der Waals surface area contributed by atoms with E-state index in [4.69, 9.17) is 4.74 Å². The van der Waals surface area contributed by atoms with Gasteiger partial charge in [-0.1, -0.05) is 0 Å². The van der Waals surface area contributed by atoms with Gasteiger partial charge < -0.3 is 4.74 Å². The number of fused-ring (bicyclic) bond motifs is 3. The average Bonchev–Trinajstić information content (AvgIpc) is 2.93. The maximum Gasteiger partial charge on any atom is 0.318 e. The number of rotatable bonds is 1. The van der Waals surface area contributed by atoms with Gasteiger partial charge in [-0.05, 0) is 38.8 Å². The second-order valence-electron chi connectivity index (χ2n) is 4.98. The Kier molecular flexibility index (Phi) is 2.84. The first kappa shape index (κ1) is 12.9. The minimum absolute atomic E-state index is 0.137. The van der Waals surface area contributed by atoms with Crippen LogP contribution in [0.3, 0.4) is 0 Å². The van der Waals surface area contributed by atoms with Crippen molar-refractivity contribution in [3.8, 4) is 11.1 Å². The van der Waals surface area contributed by atoms with Crippen LogP contribution in [0.5, 0.6) is 0 Å². The molecule has 0 bridgehead atoms. The zero-order valence-corrected chi connectivity index (χ0v) is 13.3. The van der Waals surface area contributed by atoms with E-state index in [1.165, 1.54) is 48.9 Å². The van der Waals surface area contributed by atoms with Gasteiger partial charge in [0.15, 0.2) is 0 Å². The molecule has 1 atom stereocenters. The van der Waals surface area contributed by atoms with Crippen LogP contribution >= 0.6 is 22.7 Å². The summed E-state index contributed by atoms with van der Waals surface area (Å²) in [6.07, 6.45) is 0. The molecule has 4 heteroatoms. The van der Waals surface area contributed by atoms with E-state index >= 15 is 0 Å². The lowest BCUT2D eigenvalue weighted by Crippen LogP contribution is -2.12. The van der Waals surface area contributed by atoms with E-state index in [0.29, 0.717) is 0 Å². The van der Waals surface area contributed by atoms with Crippen LogP contribution in [-0.2, 0) is 9.53 Å². The maximum atomic E-state index is 12.2. The zero-order chi connectivity index (χ0) is 13.9. The first-order chi connectivity index (χ1) is 8.97. The molecule has 0 amide bonds. The van der Waals surface area contributed by atoms with Gasteiger partial charge in [0, 0.05) is 30.6 Å². The Balaban J connectivity index is 2.37. The summed E-state index contributed by atoms with van der Waals surface area (Å²) in [7, 11) is 1.47. The third-order valence-corrected chi connectivity index (χ3v) is 6.27. The lowest BCUT2D eigenvalue weighted by Gasteiger charge is -2.09. The molecular weight excluding hydrogens is 276 g/mol. The van der Waals surface area contributed by atoms with E-state index in [2.05, 4.69) is 27.7 Å². The molecule has 2 heterocycles. The van der Waals surface area contributed by atoms with Crippen molar-refractivity contribution in [3.05, 3.63) is 30.6 Å². The van der Waals surface area contributed by atoms with Crippen molar-refractivity contribution in [2.24, 2.45) is 0 Å². The largest absolute Gasteiger partial charge is 0.468 e. The van der Waals surface area contributed by atoms with Crippen LogP contribution in [0.4, 0.5) is 0 Å². The number of thiophene rings is 2. The Morgan fingerprint density at radius 2 is 1.68 bits per heavy atom. The highest BCUT2D eigenvalue weighted by molar-refractivity contribution is 7.14. The van der Waals surface area contributed by atoms with Crippen LogP contribution in [0.2, 0.25) is 0 Å². The number of carbonyl (C=O) groups is 1. The van der Waals surface area contributed by atoms with E-state index in [0.717, 1.165) is 0 Å². The third-order valence-electron chi connectivity index (χ3n) is 3.96. The Bertz CT molecular complexity index is 692. The quantitative estimate of drug-likeness (QED) is 0.731. The molecule has 0 saturated heterocycles. The standard InChI is InChI=1S/C15H16O2S2/c1-6-7(2)19-14-10(6)11-8(3)18-9(4)12(11)13(14)15(16)17-5/h13H,1-5H3. The summed E-state index contributed by atoms with van der Waals surface area (Å²) >= 11 is 3.52. The predicted molar refractivity (Wildman–Crippen MR) is 80.4 cm³/mol. The average molecular weight is 292 g/mol. The molecule has 1 aliphatic rings. The normalized spacial score (nSPS) is 16.4. The molecule has 100 valence electrons.